The maximum absolute atomic E-state index is 12.2. The molecule has 0 saturated carbocycles. The van der Waals surface area contributed by atoms with Crippen molar-refractivity contribution in [1.29, 1.82) is 0 Å². The lowest BCUT2D eigenvalue weighted by Gasteiger charge is -2.17. The monoisotopic (exact) mass is 626 g/mol. The Kier molecular flexibility index (Phi) is 12.0. The van der Waals surface area contributed by atoms with E-state index in [1.807, 2.05) is 62.6 Å². The van der Waals surface area contributed by atoms with Gasteiger partial charge in [0.05, 0.1) is 9.09 Å². The smallest absolute Gasteiger partial charge is 0.436 e. The molecule has 4 N–H and O–H groups in total. The zero-order valence-corrected chi connectivity index (χ0v) is 25.9. The van der Waals surface area contributed by atoms with E-state index < -0.39 is 22.4 Å². The van der Waals surface area contributed by atoms with Crippen LogP contribution in [0.2, 0.25) is 0 Å². The molecule has 36 heavy (non-hydrogen) atoms. The number of hydrogen-bond donors (Lipinski definition) is 2. The van der Waals surface area contributed by atoms with E-state index >= 15 is 0 Å². The maximum atomic E-state index is 12.2. The van der Waals surface area contributed by atoms with Crippen LogP contribution in [0.25, 0.3) is 0 Å². The fraction of sp³-hybridized carbons (Fsp3) is 0.280. The number of anilines is 1. The van der Waals surface area contributed by atoms with Crippen molar-refractivity contribution in [2.45, 2.75) is 59.1 Å². The van der Waals surface area contributed by atoms with Gasteiger partial charge in [0.2, 0.25) is 0 Å². The van der Waals surface area contributed by atoms with Gasteiger partial charge >= 0.3 is 6.09 Å². The van der Waals surface area contributed by atoms with Crippen LogP contribution in [0.15, 0.2) is 86.7 Å². The molecule has 0 aliphatic rings. The first kappa shape index (κ1) is 30.4. The summed E-state index contributed by atoms with van der Waals surface area (Å²) in [6.45, 7) is 9.36. The molecule has 1 heterocycles. The van der Waals surface area contributed by atoms with Crippen LogP contribution in [0.3, 0.4) is 0 Å². The Balaban J connectivity index is 0.00000222. The van der Waals surface area contributed by atoms with Gasteiger partial charge in [0.15, 0.2) is 0 Å². The Hall–Kier alpha value is -1.79. The van der Waals surface area contributed by atoms with Crippen LogP contribution >= 0.6 is 51.0 Å². The van der Waals surface area contributed by atoms with Gasteiger partial charge in [0.25, 0.3) is 0 Å². The molecule has 0 saturated heterocycles. The van der Waals surface area contributed by atoms with Crippen LogP contribution < -0.4 is 11.5 Å². The zero-order valence-electron chi connectivity index (χ0n) is 21.1. The Bertz CT molecular complexity index is 1250. The third-order valence-corrected chi connectivity index (χ3v) is 9.85. The molecule has 11 heteroatoms. The van der Waals surface area contributed by atoms with Gasteiger partial charge in [0.1, 0.15) is 11.4 Å². The summed E-state index contributed by atoms with van der Waals surface area (Å²) in [4.78, 5) is 19.8. The number of nitrogens with zero attached hydrogens (tertiary/aromatic N) is 2. The Morgan fingerprint density at radius 3 is 2.42 bits per heavy atom. The molecule has 0 aliphatic heterocycles. The molecule has 0 radical (unpaired) electrons. The number of thioether (sulfide) groups is 1. The number of halogens is 1. The average Bonchev–Trinajstić information content (AvgIpc) is 3.24. The van der Waals surface area contributed by atoms with Gasteiger partial charge in [-0.05, 0) is 80.2 Å². The number of amides is 1. The molecule has 1 amide bonds. The number of hydrogen-bond acceptors (Lipinski definition) is 7. The van der Waals surface area contributed by atoms with Gasteiger partial charge in [-0.2, -0.15) is 8.76 Å². The molecular formula is C25H31BrN4O2S4. The third-order valence-electron chi connectivity index (χ3n) is 4.01. The molecule has 1 unspecified atom stereocenters. The number of rotatable bonds is 6. The molecule has 0 bridgehead atoms. The van der Waals surface area contributed by atoms with E-state index in [0.29, 0.717) is 10.6 Å². The topological polar surface area (TPSA) is 103 Å². The van der Waals surface area contributed by atoms with Crippen molar-refractivity contribution in [1.82, 2.24) is 0 Å². The summed E-state index contributed by atoms with van der Waals surface area (Å²) in [5.74, 6) is 0.127. The predicted octanol–water partition coefficient (Wildman–Crippen LogP) is 8.41. The van der Waals surface area contributed by atoms with Crippen LogP contribution in [0, 0.1) is 0 Å². The number of ether oxygens (including phenoxy) is 1. The molecule has 3 rings (SSSR count). The minimum Gasteiger partial charge on any atom is -0.442 e. The van der Waals surface area contributed by atoms with E-state index in [2.05, 4.69) is 33.1 Å². The van der Waals surface area contributed by atoms with Crippen molar-refractivity contribution in [2.75, 3.05) is 12.0 Å². The van der Waals surface area contributed by atoms with Gasteiger partial charge in [0, 0.05) is 36.8 Å². The van der Waals surface area contributed by atoms with Crippen molar-refractivity contribution >= 4 is 79.3 Å². The normalized spacial score (nSPS) is 12.6. The summed E-state index contributed by atoms with van der Waals surface area (Å²) in [6, 6.07) is 17.7. The molecular weight excluding hydrogens is 596 g/mol. The second-order valence-corrected chi connectivity index (χ2v) is 13.7. The summed E-state index contributed by atoms with van der Waals surface area (Å²) in [5.41, 5.74) is 12.2. The molecule has 1 atom stereocenters. The second kappa shape index (κ2) is 14.2. The van der Waals surface area contributed by atoms with Crippen molar-refractivity contribution in [3.05, 3.63) is 63.9 Å². The largest absolute Gasteiger partial charge is 0.442 e. The highest BCUT2D eigenvalue weighted by Gasteiger charge is 2.20. The molecule has 3 aromatic rings. The molecule has 0 fully saturated rings. The van der Waals surface area contributed by atoms with Crippen LogP contribution in [0.1, 0.15) is 39.5 Å². The Morgan fingerprint density at radius 2 is 1.81 bits per heavy atom. The van der Waals surface area contributed by atoms with Gasteiger partial charge < -0.3 is 16.2 Å². The number of carbonyl (C=O) groups is 1. The SMILES string of the molecule is CC.CSc1sc(/C(N)=N/C(=O)OC(C)(C)C)cc1/S(=N\Sc1cccc(N)c1)c1cccc(Br)c1. The molecule has 1 aromatic heterocycles. The van der Waals surface area contributed by atoms with Crippen molar-refractivity contribution in [3.63, 3.8) is 0 Å². The molecule has 0 aliphatic carbocycles. The number of carbonyl (C=O) groups excluding carboxylic acids is 1. The highest BCUT2D eigenvalue weighted by molar-refractivity contribution is 9.10. The lowest BCUT2D eigenvalue weighted by atomic mass is 10.2. The van der Waals surface area contributed by atoms with E-state index in [0.717, 1.165) is 23.4 Å². The fourth-order valence-corrected chi connectivity index (χ4v) is 8.39. The van der Waals surface area contributed by atoms with Crippen LogP contribution in [-0.4, -0.2) is 23.8 Å². The van der Waals surface area contributed by atoms with Crippen LogP contribution in [0.4, 0.5) is 10.5 Å². The maximum Gasteiger partial charge on any atom is 0.436 e. The fourth-order valence-electron chi connectivity index (χ4n) is 2.65. The van der Waals surface area contributed by atoms with Crippen LogP contribution in [0.5, 0.6) is 0 Å². The highest BCUT2D eigenvalue weighted by atomic mass is 79.9. The van der Waals surface area contributed by atoms with Gasteiger partial charge in [-0.25, -0.2) is 4.79 Å². The summed E-state index contributed by atoms with van der Waals surface area (Å²) >= 11 is 8.06. The lowest BCUT2D eigenvalue weighted by molar-refractivity contribution is 0.0604. The molecule has 0 spiro atoms. The first-order chi connectivity index (χ1) is 17.1. The first-order valence-corrected chi connectivity index (χ1v) is 15.8. The van der Waals surface area contributed by atoms with E-state index in [1.54, 1.807) is 32.5 Å². The first-order valence-electron chi connectivity index (χ1n) is 11.0. The lowest BCUT2D eigenvalue weighted by Crippen LogP contribution is -2.24. The van der Waals surface area contributed by atoms with Crippen molar-refractivity contribution < 1.29 is 9.53 Å². The quantitative estimate of drug-likeness (QED) is 0.0935. The summed E-state index contributed by atoms with van der Waals surface area (Å²) in [5, 5.41) is 0. The molecule has 2 aromatic carbocycles. The number of nitrogens with two attached hydrogens (primary N) is 2. The van der Waals surface area contributed by atoms with Crippen molar-refractivity contribution in [2.24, 2.45) is 14.5 Å². The average molecular weight is 628 g/mol. The highest BCUT2D eigenvalue weighted by Crippen LogP contribution is 2.38. The van der Waals surface area contributed by atoms with E-state index in [9.17, 15) is 4.79 Å². The standard InChI is InChI=1S/C23H25BrN4O2S4.C2H6/c1-23(2,3)30-22(29)27-20(26)18-13-19(21(31-4)32-18)34(17-10-5-7-14(24)11-17)28-33-16-9-6-8-15(25)12-16;1-2/h5-13H,25H2,1-4H3,(H2,26,27,29);1-2H3. The predicted molar refractivity (Wildman–Crippen MR) is 162 cm³/mol. The van der Waals surface area contributed by atoms with Crippen molar-refractivity contribution in [3.8, 4) is 0 Å². The number of aliphatic imine (C=N–C) groups is 1. The Morgan fingerprint density at radius 1 is 1.11 bits per heavy atom. The number of amidine groups is 1. The zero-order chi connectivity index (χ0) is 26.9. The summed E-state index contributed by atoms with van der Waals surface area (Å²) in [6.07, 6.45) is 1.30. The third kappa shape index (κ3) is 9.26. The van der Waals surface area contributed by atoms with Gasteiger partial charge in [-0.15, -0.1) is 23.1 Å². The molecule has 194 valence electrons. The van der Waals surface area contributed by atoms with Gasteiger partial charge in [-0.1, -0.05) is 41.9 Å². The summed E-state index contributed by atoms with van der Waals surface area (Å²) in [7, 11) is -0.624. The number of thiophene rings is 1. The van der Waals surface area contributed by atoms with E-state index in [1.165, 1.54) is 23.3 Å². The number of benzene rings is 2. The summed E-state index contributed by atoms with van der Waals surface area (Å²) < 4.78 is 12.3. The van der Waals surface area contributed by atoms with E-state index in [4.69, 9.17) is 20.0 Å². The van der Waals surface area contributed by atoms with Gasteiger partial charge in [-0.3, -0.25) is 0 Å². The Labute approximate surface area is 237 Å². The minimum absolute atomic E-state index is 0.127. The number of nitrogen functional groups attached to an aromatic ring is 1. The van der Waals surface area contributed by atoms with E-state index in [-0.39, 0.29) is 5.84 Å². The molecule has 6 nitrogen and oxygen atoms in total. The second-order valence-electron chi connectivity index (χ2n) is 7.92. The van der Waals surface area contributed by atoms with Crippen LogP contribution in [-0.2, 0) is 15.4 Å². The minimum atomic E-state index is -0.710.